The molecule has 1 fully saturated rings. The number of ether oxygens (including phenoxy) is 1. The number of hydrogen-bond donors (Lipinski definition) is 0. The van der Waals surface area contributed by atoms with E-state index in [1.54, 1.807) is 27.7 Å². The molecule has 2 aliphatic rings. The van der Waals surface area contributed by atoms with Crippen LogP contribution in [0, 0.1) is 0 Å². The van der Waals surface area contributed by atoms with Crippen molar-refractivity contribution in [1.29, 1.82) is 0 Å². The minimum Gasteiger partial charge on any atom is -0.377 e. The van der Waals surface area contributed by atoms with Gasteiger partial charge in [0.2, 0.25) is 0 Å². The molecule has 118 valence electrons. The van der Waals surface area contributed by atoms with E-state index in [0.29, 0.717) is 6.10 Å². The summed E-state index contributed by atoms with van der Waals surface area (Å²) in [5.74, 6) is 0.886. The summed E-state index contributed by atoms with van der Waals surface area (Å²) in [7, 11) is 1.85. The van der Waals surface area contributed by atoms with E-state index in [2.05, 4.69) is 0 Å². The van der Waals surface area contributed by atoms with E-state index < -0.39 is 0 Å². The highest BCUT2D eigenvalue weighted by atomic mass is 32.2. The Bertz CT molecular complexity index is 760. The molecule has 2 aromatic heterocycles. The second-order valence-electron chi connectivity index (χ2n) is 6.10. The fourth-order valence-corrected chi connectivity index (χ4v) is 5.68. The first-order valence-electron chi connectivity index (χ1n) is 7.99. The molecule has 3 heterocycles. The van der Waals surface area contributed by atoms with E-state index in [4.69, 9.17) is 9.72 Å². The quantitative estimate of drug-likeness (QED) is 0.638. The predicted molar refractivity (Wildman–Crippen MR) is 91.2 cm³/mol. The maximum Gasteiger partial charge on any atom is 0.262 e. The van der Waals surface area contributed by atoms with Gasteiger partial charge in [-0.25, -0.2) is 4.98 Å². The summed E-state index contributed by atoms with van der Waals surface area (Å²) in [6, 6.07) is 0. The number of hydrogen-bond acceptors (Lipinski definition) is 5. The Labute approximate surface area is 137 Å². The van der Waals surface area contributed by atoms with Crippen molar-refractivity contribution in [1.82, 2.24) is 9.55 Å². The smallest absolute Gasteiger partial charge is 0.262 e. The Kier molecular flexibility index (Phi) is 4.00. The zero-order valence-corrected chi connectivity index (χ0v) is 14.4. The highest BCUT2D eigenvalue weighted by molar-refractivity contribution is 7.99. The summed E-state index contributed by atoms with van der Waals surface area (Å²) >= 11 is 3.38. The van der Waals surface area contributed by atoms with Crippen molar-refractivity contribution in [3.05, 3.63) is 20.8 Å². The van der Waals surface area contributed by atoms with E-state index in [1.165, 1.54) is 23.3 Å². The average molecular weight is 336 g/mol. The highest BCUT2D eigenvalue weighted by Crippen LogP contribution is 2.34. The molecule has 0 N–H and O–H groups in total. The summed E-state index contributed by atoms with van der Waals surface area (Å²) in [4.78, 5) is 19.9. The van der Waals surface area contributed by atoms with Gasteiger partial charge in [0.15, 0.2) is 5.16 Å². The average Bonchev–Trinajstić information content (AvgIpc) is 3.16. The van der Waals surface area contributed by atoms with Crippen molar-refractivity contribution >= 4 is 33.3 Å². The lowest BCUT2D eigenvalue weighted by Crippen LogP contribution is -2.21. The van der Waals surface area contributed by atoms with Crippen molar-refractivity contribution in [3.8, 4) is 0 Å². The maximum absolute atomic E-state index is 12.8. The third kappa shape index (κ3) is 2.51. The minimum atomic E-state index is 0.124. The van der Waals surface area contributed by atoms with Crippen molar-refractivity contribution in [2.45, 2.75) is 49.8 Å². The Morgan fingerprint density at radius 1 is 1.36 bits per heavy atom. The van der Waals surface area contributed by atoms with Gasteiger partial charge in [0.1, 0.15) is 4.83 Å². The number of nitrogens with zero attached hydrogens (tertiary/aromatic N) is 2. The number of aromatic nitrogens is 2. The molecule has 4 rings (SSSR count). The first-order chi connectivity index (χ1) is 10.7. The van der Waals surface area contributed by atoms with Crippen LogP contribution in [0.2, 0.25) is 0 Å². The van der Waals surface area contributed by atoms with E-state index in [-0.39, 0.29) is 5.56 Å². The Morgan fingerprint density at radius 2 is 2.23 bits per heavy atom. The number of rotatable bonds is 3. The van der Waals surface area contributed by atoms with Gasteiger partial charge < -0.3 is 4.74 Å². The van der Waals surface area contributed by atoms with Crippen molar-refractivity contribution in [2.75, 3.05) is 12.4 Å². The number of thiophene rings is 1. The summed E-state index contributed by atoms with van der Waals surface area (Å²) in [6.45, 7) is 0.869. The molecule has 6 heteroatoms. The lowest BCUT2D eigenvalue weighted by Gasteiger charge is -2.12. The Balaban J connectivity index is 1.70. The molecule has 0 aromatic carbocycles. The van der Waals surface area contributed by atoms with Gasteiger partial charge in [0.25, 0.3) is 5.56 Å². The molecule has 0 radical (unpaired) electrons. The molecule has 0 saturated carbocycles. The molecule has 1 atom stereocenters. The lowest BCUT2D eigenvalue weighted by atomic mass is 9.97. The summed E-state index contributed by atoms with van der Waals surface area (Å²) < 4.78 is 7.39. The second kappa shape index (κ2) is 5.98. The Hall–Kier alpha value is -0.850. The largest absolute Gasteiger partial charge is 0.377 e. The van der Waals surface area contributed by atoms with E-state index >= 15 is 0 Å². The van der Waals surface area contributed by atoms with Gasteiger partial charge in [0, 0.05) is 24.3 Å². The first-order valence-corrected chi connectivity index (χ1v) is 9.80. The molecule has 1 aliphatic carbocycles. The third-order valence-corrected chi connectivity index (χ3v) is 6.93. The monoisotopic (exact) mass is 336 g/mol. The van der Waals surface area contributed by atoms with Gasteiger partial charge in [-0.3, -0.25) is 9.36 Å². The van der Waals surface area contributed by atoms with Crippen LogP contribution in [-0.4, -0.2) is 28.0 Å². The van der Waals surface area contributed by atoms with E-state index in [0.717, 1.165) is 53.4 Å². The molecule has 0 unspecified atom stereocenters. The molecule has 1 aliphatic heterocycles. The summed E-state index contributed by atoms with van der Waals surface area (Å²) in [6.07, 6.45) is 7.16. The van der Waals surface area contributed by atoms with E-state index in [9.17, 15) is 4.79 Å². The van der Waals surface area contributed by atoms with Gasteiger partial charge in [-0.1, -0.05) is 11.8 Å². The highest BCUT2D eigenvalue weighted by Gasteiger charge is 2.22. The second-order valence-corrected chi connectivity index (χ2v) is 8.17. The summed E-state index contributed by atoms with van der Waals surface area (Å²) in [5, 5.41) is 1.70. The molecule has 4 nitrogen and oxygen atoms in total. The lowest BCUT2D eigenvalue weighted by molar-refractivity contribution is 0.129. The van der Waals surface area contributed by atoms with Crippen molar-refractivity contribution in [3.63, 3.8) is 0 Å². The molecule has 0 bridgehead atoms. The van der Waals surface area contributed by atoms with Crippen LogP contribution >= 0.6 is 23.1 Å². The van der Waals surface area contributed by atoms with Crippen LogP contribution < -0.4 is 5.56 Å². The van der Waals surface area contributed by atoms with Crippen LogP contribution in [0.5, 0.6) is 0 Å². The standard InChI is InChI=1S/C16H20N2O2S2/c1-18-15(19)13-11-6-2-3-7-12(11)22-14(13)17-16(18)21-9-10-5-4-8-20-10/h10H,2-9H2,1H3/t10-/m1/s1. The minimum absolute atomic E-state index is 0.124. The van der Waals surface area contributed by atoms with Gasteiger partial charge in [0.05, 0.1) is 11.5 Å². The van der Waals surface area contributed by atoms with Gasteiger partial charge in [-0.2, -0.15) is 0 Å². The van der Waals surface area contributed by atoms with Gasteiger partial charge in [-0.05, 0) is 44.1 Å². The van der Waals surface area contributed by atoms with Crippen LogP contribution in [0.4, 0.5) is 0 Å². The molecular formula is C16H20N2O2S2. The zero-order chi connectivity index (χ0) is 15.1. The van der Waals surface area contributed by atoms with Crippen molar-refractivity contribution < 1.29 is 4.74 Å². The van der Waals surface area contributed by atoms with Crippen LogP contribution in [0.15, 0.2) is 9.95 Å². The fraction of sp³-hybridized carbons (Fsp3) is 0.625. The molecule has 2 aromatic rings. The van der Waals surface area contributed by atoms with Crippen LogP contribution in [0.3, 0.4) is 0 Å². The van der Waals surface area contributed by atoms with Gasteiger partial charge >= 0.3 is 0 Å². The Morgan fingerprint density at radius 3 is 3.05 bits per heavy atom. The van der Waals surface area contributed by atoms with Crippen LogP contribution in [0.1, 0.15) is 36.1 Å². The molecule has 1 saturated heterocycles. The topological polar surface area (TPSA) is 44.1 Å². The maximum atomic E-state index is 12.8. The predicted octanol–water partition coefficient (Wildman–Crippen LogP) is 3.14. The molecular weight excluding hydrogens is 316 g/mol. The molecule has 0 amide bonds. The molecule has 0 spiro atoms. The number of thioether (sulfide) groups is 1. The third-order valence-electron chi connectivity index (χ3n) is 4.58. The van der Waals surface area contributed by atoms with Crippen LogP contribution in [-0.2, 0) is 24.6 Å². The normalized spacial score (nSPS) is 21.4. The van der Waals surface area contributed by atoms with E-state index in [1.807, 2.05) is 7.05 Å². The first kappa shape index (κ1) is 14.7. The van der Waals surface area contributed by atoms with Gasteiger partial charge in [-0.15, -0.1) is 11.3 Å². The van der Waals surface area contributed by atoms with Crippen LogP contribution in [0.25, 0.3) is 10.2 Å². The fourth-order valence-electron chi connectivity index (χ4n) is 3.34. The van der Waals surface area contributed by atoms with Crippen molar-refractivity contribution in [2.24, 2.45) is 7.05 Å². The number of fused-ring (bicyclic) bond motifs is 3. The number of aryl methyl sites for hydroxylation is 2. The molecule has 22 heavy (non-hydrogen) atoms. The summed E-state index contributed by atoms with van der Waals surface area (Å²) in [5.41, 5.74) is 1.40. The SMILES string of the molecule is Cn1c(SC[C@H]2CCCO2)nc2sc3c(c2c1=O)CCCC3. The zero-order valence-electron chi connectivity index (χ0n) is 12.8.